The zero-order valence-corrected chi connectivity index (χ0v) is 12.5. The van der Waals surface area contributed by atoms with Gasteiger partial charge in [0.05, 0.1) is 12.1 Å². The monoisotopic (exact) mass is 284 g/mol. The summed E-state index contributed by atoms with van der Waals surface area (Å²) in [6, 6.07) is 10.4. The fraction of sp³-hybridized carbons (Fsp3) is 0.412. The third kappa shape index (κ3) is 3.15. The Labute approximate surface area is 124 Å². The molecule has 21 heavy (non-hydrogen) atoms. The van der Waals surface area contributed by atoms with Crippen LogP contribution in [0, 0.1) is 0 Å². The van der Waals surface area contributed by atoms with Crippen molar-refractivity contribution in [1.29, 1.82) is 0 Å². The Bertz CT molecular complexity index is 613. The van der Waals surface area contributed by atoms with Crippen LogP contribution >= 0.6 is 0 Å². The molecule has 0 unspecified atom stereocenters. The fourth-order valence-electron chi connectivity index (χ4n) is 2.61. The fourth-order valence-corrected chi connectivity index (χ4v) is 2.61. The van der Waals surface area contributed by atoms with E-state index in [1.165, 1.54) is 0 Å². The van der Waals surface area contributed by atoms with Gasteiger partial charge in [0, 0.05) is 17.6 Å². The Morgan fingerprint density at radius 2 is 2.05 bits per heavy atom. The molecule has 0 spiro atoms. The zero-order valence-electron chi connectivity index (χ0n) is 12.5. The van der Waals surface area contributed by atoms with E-state index in [0.717, 1.165) is 18.4 Å². The van der Waals surface area contributed by atoms with E-state index in [0.29, 0.717) is 24.0 Å². The lowest BCUT2D eigenvalue weighted by Gasteiger charge is -2.26. The highest BCUT2D eigenvalue weighted by Crippen LogP contribution is 2.29. The topological polar surface area (TPSA) is 46.3 Å². The molecule has 0 N–H and O–H groups in total. The molecule has 1 aliphatic carbocycles. The second-order valence-corrected chi connectivity index (χ2v) is 5.81. The van der Waals surface area contributed by atoms with Crippen LogP contribution < -0.4 is 0 Å². The molecule has 0 bridgehead atoms. The SMILES string of the molecule is CC(C)N(C(=O)Cc1coc(-c2ccccc2)n1)C1CC1. The highest BCUT2D eigenvalue weighted by atomic mass is 16.3. The number of rotatable bonds is 5. The van der Waals surface area contributed by atoms with E-state index in [2.05, 4.69) is 18.8 Å². The number of amides is 1. The van der Waals surface area contributed by atoms with Gasteiger partial charge in [-0.05, 0) is 38.8 Å². The molecule has 0 saturated heterocycles. The van der Waals surface area contributed by atoms with E-state index in [1.807, 2.05) is 35.2 Å². The molecule has 1 aliphatic rings. The first-order valence-electron chi connectivity index (χ1n) is 7.46. The van der Waals surface area contributed by atoms with Gasteiger partial charge in [-0.25, -0.2) is 4.98 Å². The summed E-state index contributed by atoms with van der Waals surface area (Å²) in [5.74, 6) is 0.710. The summed E-state index contributed by atoms with van der Waals surface area (Å²) < 4.78 is 5.49. The second kappa shape index (κ2) is 5.72. The van der Waals surface area contributed by atoms with E-state index in [1.54, 1.807) is 6.26 Å². The van der Waals surface area contributed by atoms with E-state index >= 15 is 0 Å². The minimum atomic E-state index is 0.139. The predicted molar refractivity (Wildman–Crippen MR) is 80.6 cm³/mol. The molecule has 1 saturated carbocycles. The number of aromatic nitrogens is 1. The van der Waals surface area contributed by atoms with Crippen molar-refractivity contribution in [2.24, 2.45) is 0 Å². The van der Waals surface area contributed by atoms with Crippen LogP contribution in [0.1, 0.15) is 32.4 Å². The molecule has 110 valence electrons. The standard InChI is InChI=1S/C17H20N2O2/c1-12(2)19(15-8-9-15)16(20)10-14-11-21-17(18-14)13-6-4-3-5-7-13/h3-7,11-12,15H,8-10H2,1-2H3. The van der Waals surface area contributed by atoms with Crippen molar-refractivity contribution in [3.8, 4) is 11.5 Å². The van der Waals surface area contributed by atoms with Crippen LogP contribution in [0.25, 0.3) is 11.5 Å². The average molecular weight is 284 g/mol. The Kier molecular flexibility index (Phi) is 3.78. The maximum atomic E-state index is 12.4. The molecule has 4 nitrogen and oxygen atoms in total. The molecule has 0 radical (unpaired) electrons. The first-order valence-corrected chi connectivity index (χ1v) is 7.46. The minimum Gasteiger partial charge on any atom is -0.444 e. The van der Waals surface area contributed by atoms with Crippen molar-refractivity contribution in [3.05, 3.63) is 42.3 Å². The van der Waals surface area contributed by atoms with Gasteiger partial charge in [0.2, 0.25) is 11.8 Å². The number of hydrogen-bond acceptors (Lipinski definition) is 3. The van der Waals surface area contributed by atoms with Crippen LogP contribution in [-0.4, -0.2) is 27.9 Å². The molecular formula is C17H20N2O2. The van der Waals surface area contributed by atoms with Crippen molar-refractivity contribution in [1.82, 2.24) is 9.88 Å². The number of hydrogen-bond donors (Lipinski definition) is 0. The third-order valence-electron chi connectivity index (χ3n) is 3.69. The van der Waals surface area contributed by atoms with Gasteiger partial charge in [-0.2, -0.15) is 0 Å². The largest absolute Gasteiger partial charge is 0.444 e. The third-order valence-corrected chi connectivity index (χ3v) is 3.69. The molecule has 1 aromatic heterocycles. The number of carbonyl (C=O) groups excluding carboxylic acids is 1. The Balaban J connectivity index is 1.71. The van der Waals surface area contributed by atoms with E-state index < -0.39 is 0 Å². The zero-order chi connectivity index (χ0) is 14.8. The molecule has 1 aromatic carbocycles. The molecule has 4 heteroatoms. The van der Waals surface area contributed by atoms with Crippen molar-refractivity contribution in [2.75, 3.05) is 0 Å². The molecule has 2 aromatic rings. The molecular weight excluding hydrogens is 264 g/mol. The van der Waals surface area contributed by atoms with Gasteiger partial charge in [-0.15, -0.1) is 0 Å². The highest BCUT2D eigenvalue weighted by Gasteiger charge is 2.34. The maximum absolute atomic E-state index is 12.4. The Hall–Kier alpha value is -2.10. The molecule has 1 fully saturated rings. The summed E-state index contributed by atoms with van der Waals surface area (Å²) in [6.07, 6.45) is 4.15. The van der Waals surface area contributed by atoms with E-state index in [-0.39, 0.29) is 11.9 Å². The van der Waals surface area contributed by atoms with Gasteiger partial charge in [-0.3, -0.25) is 4.79 Å². The van der Waals surface area contributed by atoms with Crippen molar-refractivity contribution < 1.29 is 9.21 Å². The predicted octanol–water partition coefficient (Wildman–Crippen LogP) is 3.28. The molecule has 0 atom stereocenters. The normalized spacial score (nSPS) is 14.4. The summed E-state index contributed by atoms with van der Waals surface area (Å²) in [7, 11) is 0. The van der Waals surface area contributed by atoms with Crippen molar-refractivity contribution >= 4 is 5.91 Å². The lowest BCUT2D eigenvalue weighted by molar-refractivity contribution is -0.132. The quantitative estimate of drug-likeness (QED) is 0.846. The van der Waals surface area contributed by atoms with E-state index in [4.69, 9.17) is 4.42 Å². The van der Waals surface area contributed by atoms with Gasteiger partial charge in [0.1, 0.15) is 6.26 Å². The van der Waals surface area contributed by atoms with Crippen molar-refractivity contribution in [2.45, 2.75) is 45.2 Å². The van der Waals surface area contributed by atoms with Crippen LogP contribution in [0.5, 0.6) is 0 Å². The van der Waals surface area contributed by atoms with E-state index in [9.17, 15) is 4.79 Å². The summed E-state index contributed by atoms with van der Waals surface area (Å²) >= 11 is 0. The van der Waals surface area contributed by atoms with Crippen LogP contribution in [-0.2, 0) is 11.2 Å². The molecule has 0 aliphatic heterocycles. The average Bonchev–Trinajstić information content (AvgIpc) is 3.17. The Morgan fingerprint density at radius 1 is 1.33 bits per heavy atom. The van der Waals surface area contributed by atoms with Gasteiger partial charge >= 0.3 is 0 Å². The van der Waals surface area contributed by atoms with Gasteiger partial charge in [0.15, 0.2) is 0 Å². The Morgan fingerprint density at radius 3 is 2.67 bits per heavy atom. The summed E-state index contributed by atoms with van der Waals surface area (Å²) in [4.78, 5) is 18.8. The smallest absolute Gasteiger partial charge is 0.229 e. The van der Waals surface area contributed by atoms with Crippen LogP contribution in [0.3, 0.4) is 0 Å². The lowest BCUT2D eigenvalue weighted by atomic mass is 10.2. The number of nitrogens with zero attached hydrogens (tertiary/aromatic N) is 2. The number of benzene rings is 1. The first kappa shape index (κ1) is 13.9. The second-order valence-electron chi connectivity index (χ2n) is 5.81. The molecule has 1 amide bonds. The maximum Gasteiger partial charge on any atom is 0.229 e. The molecule has 1 heterocycles. The van der Waals surface area contributed by atoms with Crippen LogP contribution in [0.4, 0.5) is 0 Å². The summed E-state index contributed by atoms with van der Waals surface area (Å²) in [5, 5.41) is 0. The summed E-state index contributed by atoms with van der Waals surface area (Å²) in [6.45, 7) is 4.13. The number of carbonyl (C=O) groups is 1. The summed E-state index contributed by atoms with van der Waals surface area (Å²) in [5.41, 5.74) is 1.63. The highest BCUT2D eigenvalue weighted by molar-refractivity contribution is 5.79. The first-order chi connectivity index (χ1) is 10.1. The van der Waals surface area contributed by atoms with Crippen LogP contribution in [0.15, 0.2) is 41.0 Å². The van der Waals surface area contributed by atoms with Gasteiger partial charge in [-0.1, -0.05) is 18.2 Å². The van der Waals surface area contributed by atoms with Gasteiger partial charge in [0.25, 0.3) is 0 Å². The van der Waals surface area contributed by atoms with Gasteiger partial charge < -0.3 is 9.32 Å². The molecule has 3 rings (SSSR count). The lowest BCUT2D eigenvalue weighted by Crippen LogP contribution is -2.39. The van der Waals surface area contributed by atoms with Crippen LogP contribution in [0.2, 0.25) is 0 Å². The number of oxazole rings is 1. The van der Waals surface area contributed by atoms with Crippen molar-refractivity contribution in [3.63, 3.8) is 0 Å². The minimum absolute atomic E-state index is 0.139.